The summed E-state index contributed by atoms with van der Waals surface area (Å²) in [5, 5.41) is 4.41. The Balaban J connectivity index is 1.78. The van der Waals surface area contributed by atoms with E-state index in [1.165, 1.54) is 23.1 Å². The fourth-order valence-corrected chi connectivity index (χ4v) is 3.95. The van der Waals surface area contributed by atoms with E-state index in [0.29, 0.717) is 6.54 Å². The summed E-state index contributed by atoms with van der Waals surface area (Å²) in [6.45, 7) is 0.336. The van der Waals surface area contributed by atoms with E-state index in [9.17, 15) is 13.2 Å². The molecule has 0 saturated heterocycles. The highest BCUT2D eigenvalue weighted by molar-refractivity contribution is 7.90. The first-order valence-corrected chi connectivity index (χ1v) is 10.4. The lowest BCUT2D eigenvalue weighted by Crippen LogP contribution is -2.26. The smallest absolute Gasteiger partial charge is 0.253 e. The molecule has 0 unspecified atom stereocenters. The molecule has 1 aromatic heterocycles. The van der Waals surface area contributed by atoms with Crippen molar-refractivity contribution in [2.24, 2.45) is 0 Å². The quantitative estimate of drug-likeness (QED) is 0.655. The SMILES string of the molecule is CN(Cc1cnn(-c2ccccc2)c1)C(=O)c1ccc(Cl)c(S(C)(=O)=O)c1. The predicted octanol–water partition coefficient (Wildman–Crippen LogP) is 3.20. The molecular weight excluding hydrogens is 386 g/mol. The van der Waals surface area contributed by atoms with Crippen molar-refractivity contribution in [3.8, 4) is 5.69 Å². The fourth-order valence-electron chi connectivity index (χ4n) is 2.65. The number of aromatic nitrogens is 2. The number of sulfone groups is 1. The van der Waals surface area contributed by atoms with Crippen molar-refractivity contribution in [1.82, 2.24) is 14.7 Å². The number of amides is 1. The summed E-state index contributed by atoms with van der Waals surface area (Å²) in [5.74, 6) is -0.302. The highest BCUT2D eigenvalue weighted by Gasteiger charge is 2.18. The highest BCUT2D eigenvalue weighted by atomic mass is 35.5. The molecule has 0 bridgehead atoms. The molecular formula is C19H18ClN3O3S. The van der Waals surface area contributed by atoms with Gasteiger partial charge >= 0.3 is 0 Å². The first-order chi connectivity index (χ1) is 12.8. The van der Waals surface area contributed by atoms with Crippen molar-refractivity contribution in [2.75, 3.05) is 13.3 Å². The number of nitrogens with zero attached hydrogens (tertiary/aromatic N) is 3. The van der Waals surface area contributed by atoms with E-state index in [4.69, 9.17) is 11.6 Å². The van der Waals surface area contributed by atoms with Crippen LogP contribution < -0.4 is 0 Å². The monoisotopic (exact) mass is 403 g/mol. The molecule has 0 N–H and O–H groups in total. The zero-order valence-corrected chi connectivity index (χ0v) is 16.4. The van der Waals surface area contributed by atoms with E-state index in [1.54, 1.807) is 17.9 Å². The van der Waals surface area contributed by atoms with Crippen LogP contribution in [0, 0.1) is 0 Å². The number of rotatable bonds is 5. The molecule has 0 aliphatic carbocycles. The van der Waals surface area contributed by atoms with Gasteiger partial charge in [0.1, 0.15) is 0 Å². The molecule has 1 amide bonds. The van der Waals surface area contributed by atoms with Crippen LogP contribution in [-0.2, 0) is 16.4 Å². The van der Waals surface area contributed by atoms with Gasteiger partial charge in [0, 0.05) is 37.2 Å². The van der Waals surface area contributed by atoms with Crippen LogP contribution in [-0.4, -0.2) is 42.3 Å². The van der Waals surface area contributed by atoms with Gasteiger partial charge in [-0.3, -0.25) is 4.79 Å². The van der Waals surface area contributed by atoms with Crippen LogP contribution in [0.25, 0.3) is 5.69 Å². The molecule has 27 heavy (non-hydrogen) atoms. The minimum Gasteiger partial charge on any atom is -0.337 e. The number of carbonyl (C=O) groups excluding carboxylic acids is 1. The van der Waals surface area contributed by atoms with Gasteiger partial charge in [-0.25, -0.2) is 13.1 Å². The van der Waals surface area contributed by atoms with E-state index in [-0.39, 0.29) is 21.4 Å². The number of hydrogen-bond acceptors (Lipinski definition) is 4. The zero-order chi connectivity index (χ0) is 19.6. The van der Waals surface area contributed by atoms with Crippen LogP contribution in [0.2, 0.25) is 5.02 Å². The van der Waals surface area contributed by atoms with Crippen LogP contribution >= 0.6 is 11.6 Å². The number of carbonyl (C=O) groups is 1. The lowest BCUT2D eigenvalue weighted by atomic mass is 10.2. The largest absolute Gasteiger partial charge is 0.337 e. The van der Waals surface area contributed by atoms with Crippen molar-refractivity contribution in [3.63, 3.8) is 0 Å². The maximum atomic E-state index is 12.7. The normalized spacial score (nSPS) is 11.4. The Labute approximate surface area is 162 Å². The van der Waals surface area contributed by atoms with Crippen molar-refractivity contribution in [3.05, 3.63) is 77.1 Å². The van der Waals surface area contributed by atoms with E-state index >= 15 is 0 Å². The molecule has 8 heteroatoms. The second-order valence-electron chi connectivity index (χ2n) is 6.21. The Kier molecular flexibility index (Phi) is 5.34. The number of halogens is 1. The van der Waals surface area contributed by atoms with Crippen LogP contribution in [0.1, 0.15) is 15.9 Å². The molecule has 1 heterocycles. The molecule has 0 radical (unpaired) electrons. The van der Waals surface area contributed by atoms with Gasteiger partial charge in [-0.05, 0) is 30.3 Å². The summed E-state index contributed by atoms with van der Waals surface area (Å²) < 4.78 is 25.3. The lowest BCUT2D eigenvalue weighted by molar-refractivity contribution is 0.0785. The molecule has 0 saturated carbocycles. The summed E-state index contributed by atoms with van der Waals surface area (Å²) in [6, 6.07) is 13.9. The summed E-state index contributed by atoms with van der Waals surface area (Å²) in [7, 11) is -1.87. The Morgan fingerprint density at radius 1 is 1.19 bits per heavy atom. The van der Waals surface area contributed by atoms with E-state index in [0.717, 1.165) is 17.5 Å². The minimum atomic E-state index is -3.52. The van der Waals surface area contributed by atoms with Crippen LogP contribution in [0.15, 0.2) is 65.8 Å². The number of hydrogen-bond donors (Lipinski definition) is 0. The average Bonchev–Trinajstić information content (AvgIpc) is 3.09. The van der Waals surface area contributed by atoms with E-state index < -0.39 is 9.84 Å². The fraction of sp³-hybridized carbons (Fsp3) is 0.158. The molecule has 3 aromatic rings. The highest BCUT2D eigenvalue weighted by Crippen LogP contribution is 2.23. The minimum absolute atomic E-state index is 0.0553. The molecule has 3 rings (SSSR count). The standard InChI is InChI=1S/C19H18ClN3O3S/c1-22(12-14-11-21-23(13-14)16-6-4-3-5-7-16)19(24)15-8-9-17(20)18(10-15)27(2,25)26/h3-11,13H,12H2,1-2H3. The third kappa shape index (κ3) is 4.37. The third-order valence-corrected chi connectivity index (χ3v) is 5.58. The molecule has 0 atom stereocenters. The van der Waals surface area contributed by atoms with Gasteiger partial charge in [-0.1, -0.05) is 29.8 Å². The lowest BCUT2D eigenvalue weighted by Gasteiger charge is -2.17. The molecule has 6 nitrogen and oxygen atoms in total. The number of para-hydroxylation sites is 1. The molecule has 0 fully saturated rings. The van der Waals surface area contributed by atoms with Crippen LogP contribution in [0.5, 0.6) is 0 Å². The molecule has 0 spiro atoms. The van der Waals surface area contributed by atoms with Gasteiger partial charge in [-0.15, -0.1) is 0 Å². The topological polar surface area (TPSA) is 72.3 Å². The maximum absolute atomic E-state index is 12.7. The summed E-state index contributed by atoms with van der Waals surface area (Å²) in [5.41, 5.74) is 2.04. The van der Waals surface area contributed by atoms with Gasteiger partial charge in [0.25, 0.3) is 5.91 Å². The first kappa shape index (κ1) is 19.1. The van der Waals surface area contributed by atoms with E-state index in [1.807, 2.05) is 36.5 Å². The van der Waals surface area contributed by atoms with Gasteiger partial charge in [0.05, 0.1) is 21.8 Å². The Bertz CT molecular complexity index is 1080. The van der Waals surface area contributed by atoms with Gasteiger partial charge < -0.3 is 4.90 Å². The second-order valence-corrected chi connectivity index (χ2v) is 8.60. The Morgan fingerprint density at radius 2 is 1.89 bits per heavy atom. The predicted molar refractivity (Wildman–Crippen MR) is 104 cm³/mol. The van der Waals surface area contributed by atoms with Crippen LogP contribution in [0.3, 0.4) is 0 Å². The summed E-state index contributed by atoms with van der Waals surface area (Å²) in [4.78, 5) is 14.1. The summed E-state index contributed by atoms with van der Waals surface area (Å²) in [6.07, 6.45) is 4.60. The number of benzene rings is 2. The van der Waals surface area contributed by atoms with Gasteiger partial charge in [-0.2, -0.15) is 5.10 Å². The molecule has 2 aromatic carbocycles. The van der Waals surface area contributed by atoms with Crippen molar-refractivity contribution < 1.29 is 13.2 Å². The van der Waals surface area contributed by atoms with Crippen molar-refractivity contribution >= 4 is 27.3 Å². The molecule has 0 aliphatic heterocycles. The van der Waals surface area contributed by atoms with Gasteiger partial charge in [0.15, 0.2) is 9.84 Å². The van der Waals surface area contributed by atoms with Crippen LogP contribution in [0.4, 0.5) is 0 Å². The zero-order valence-electron chi connectivity index (χ0n) is 14.8. The van der Waals surface area contributed by atoms with E-state index in [2.05, 4.69) is 5.10 Å². The summed E-state index contributed by atoms with van der Waals surface area (Å²) >= 11 is 5.94. The van der Waals surface area contributed by atoms with Crippen molar-refractivity contribution in [1.29, 1.82) is 0 Å². The van der Waals surface area contributed by atoms with Crippen molar-refractivity contribution in [2.45, 2.75) is 11.4 Å². The Morgan fingerprint density at radius 3 is 2.56 bits per heavy atom. The third-order valence-electron chi connectivity index (χ3n) is 4.00. The van der Waals surface area contributed by atoms with Gasteiger partial charge in [0.2, 0.25) is 0 Å². The first-order valence-electron chi connectivity index (χ1n) is 8.10. The average molecular weight is 404 g/mol. The molecule has 0 aliphatic rings. The Hall–Kier alpha value is -2.64. The second kappa shape index (κ2) is 7.54. The molecule has 140 valence electrons. The maximum Gasteiger partial charge on any atom is 0.253 e.